The predicted molar refractivity (Wildman–Crippen MR) is 65.1 cm³/mol. The molecule has 0 saturated carbocycles. The van der Waals surface area contributed by atoms with Crippen LogP contribution in [-0.4, -0.2) is 36.3 Å². The first-order valence-corrected chi connectivity index (χ1v) is 5.56. The second-order valence-corrected chi connectivity index (χ2v) is 3.82. The summed E-state index contributed by atoms with van der Waals surface area (Å²) in [7, 11) is 0. The molecule has 1 saturated heterocycles. The average molecular weight is 230 g/mol. The highest BCUT2D eigenvalue weighted by Gasteiger charge is 2.24. The quantitative estimate of drug-likeness (QED) is 0.775. The zero-order chi connectivity index (χ0) is 12.1. The summed E-state index contributed by atoms with van der Waals surface area (Å²) in [6, 6.07) is 9.84. The Kier molecular flexibility index (Phi) is 3.55. The van der Waals surface area contributed by atoms with Gasteiger partial charge in [-0.25, -0.2) is 0 Å². The number of nitrogens with zero attached hydrogens (tertiary/aromatic N) is 1. The number of carbonyl (C=O) groups is 2. The molecule has 1 aliphatic heterocycles. The molecule has 0 aromatic heterocycles. The number of hydrogen-bond acceptors (Lipinski definition) is 2. The SMILES string of the molecule is O=C1NCCN(CC=Cc2ccccc2)C1=O. The zero-order valence-electron chi connectivity index (χ0n) is 9.43. The number of nitrogens with one attached hydrogen (secondary N) is 1. The topological polar surface area (TPSA) is 49.4 Å². The monoisotopic (exact) mass is 230 g/mol. The summed E-state index contributed by atoms with van der Waals surface area (Å²) >= 11 is 0. The summed E-state index contributed by atoms with van der Waals surface area (Å²) in [4.78, 5) is 24.1. The molecule has 2 rings (SSSR count). The van der Waals surface area contributed by atoms with E-state index in [0.717, 1.165) is 5.56 Å². The minimum Gasteiger partial charge on any atom is -0.346 e. The Labute approximate surface area is 99.9 Å². The third-order valence-corrected chi connectivity index (χ3v) is 2.58. The molecular formula is C13H14N2O2. The van der Waals surface area contributed by atoms with Gasteiger partial charge in [0.1, 0.15) is 0 Å². The maximum Gasteiger partial charge on any atom is 0.312 e. The van der Waals surface area contributed by atoms with Crippen LogP contribution in [0.1, 0.15) is 5.56 Å². The Morgan fingerprint density at radius 1 is 1.24 bits per heavy atom. The van der Waals surface area contributed by atoms with Crippen molar-refractivity contribution in [1.29, 1.82) is 0 Å². The van der Waals surface area contributed by atoms with Crippen LogP contribution < -0.4 is 5.32 Å². The molecule has 0 radical (unpaired) electrons. The summed E-state index contributed by atoms with van der Waals surface area (Å²) in [5, 5.41) is 2.52. The molecule has 0 atom stereocenters. The van der Waals surface area contributed by atoms with Crippen molar-refractivity contribution in [2.45, 2.75) is 0 Å². The van der Waals surface area contributed by atoms with Gasteiger partial charge < -0.3 is 10.2 Å². The van der Waals surface area contributed by atoms with Gasteiger partial charge in [0.05, 0.1) is 0 Å². The van der Waals surface area contributed by atoms with Crippen LogP contribution in [0.25, 0.3) is 6.08 Å². The van der Waals surface area contributed by atoms with Crippen LogP contribution in [0, 0.1) is 0 Å². The van der Waals surface area contributed by atoms with E-state index in [9.17, 15) is 9.59 Å². The Balaban J connectivity index is 1.92. The molecule has 1 N–H and O–H groups in total. The van der Waals surface area contributed by atoms with Crippen LogP contribution in [0.5, 0.6) is 0 Å². The van der Waals surface area contributed by atoms with E-state index in [2.05, 4.69) is 5.32 Å². The Bertz CT molecular complexity index is 440. The zero-order valence-corrected chi connectivity index (χ0v) is 9.43. The molecule has 4 nitrogen and oxygen atoms in total. The van der Waals surface area contributed by atoms with Gasteiger partial charge in [-0.3, -0.25) is 9.59 Å². The van der Waals surface area contributed by atoms with Gasteiger partial charge in [0.25, 0.3) is 0 Å². The summed E-state index contributed by atoms with van der Waals surface area (Å²) in [5.74, 6) is -0.960. The fourth-order valence-electron chi connectivity index (χ4n) is 1.68. The molecule has 1 aliphatic rings. The van der Waals surface area contributed by atoms with E-state index in [4.69, 9.17) is 0 Å². The van der Waals surface area contributed by atoms with Crippen molar-refractivity contribution in [3.63, 3.8) is 0 Å². The standard InChI is InChI=1S/C13H14N2O2/c16-12-13(17)15(10-8-14-12)9-4-7-11-5-2-1-3-6-11/h1-7H,8-10H2,(H,14,16). The summed E-state index contributed by atoms with van der Waals surface area (Å²) < 4.78 is 0. The third-order valence-electron chi connectivity index (χ3n) is 2.58. The van der Waals surface area contributed by atoms with Crippen molar-refractivity contribution < 1.29 is 9.59 Å². The van der Waals surface area contributed by atoms with E-state index in [0.29, 0.717) is 19.6 Å². The molecule has 0 unspecified atom stereocenters. The molecular weight excluding hydrogens is 216 g/mol. The molecule has 17 heavy (non-hydrogen) atoms. The van der Waals surface area contributed by atoms with E-state index >= 15 is 0 Å². The fourth-order valence-corrected chi connectivity index (χ4v) is 1.68. The van der Waals surface area contributed by atoms with Gasteiger partial charge in [-0.05, 0) is 5.56 Å². The van der Waals surface area contributed by atoms with Gasteiger partial charge >= 0.3 is 11.8 Å². The van der Waals surface area contributed by atoms with Crippen molar-refractivity contribution >= 4 is 17.9 Å². The Hall–Kier alpha value is -2.10. The average Bonchev–Trinajstić information content (AvgIpc) is 2.36. The summed E-state index contributed by atoms with van der Waals surface area (Å²) in [6.07, 6.45) is 3.84. The van der Waals surface area contributed by atoms with Gasteiger partial charge in [0.2, 0.25) is 0 Å². The maximum absolute atomic E-state index is 11.4. The molecule has 1 aromatic carbocycles. The lowest BCUT2D eigenvalue weighted by Crippen LogP contribution is -2.52. The van der Waals surface area contributed by atoms with Gasteiger partial charge in [-0.2, -0.15) is 0 Å². The number of benzene rings is 1. The Morgan fingerprint density at radius 2 is 2.00 bits per heavy atom. The molecule has 2 amide bonds. The lowest BCUT2D eigenvalue weighted by Gasteiger charge is -2.24. The van der Waals surface area contributed by atoms with E-state index in [1.807, 2.05) is 42.5 Å². The van der Waals surface area contributed by atoms with Gasteiger partial charge in [0, 0.05) is 19.6 Å². The molecule has 0 spiro atoms. The number of carbonyl (C=O) groups excluding carboxylic acids is 2. The highest BCUT2D eigenvalue weighted by atomic mass is 16.2. The second kappa shape index (κ2) is 5.30. The first-order valence-electron chi connectivity index (χ1n) is 5.56. The van der Waals surface area contributed by atoms with Crippen molar-refractivity contribution in [3.8, 4) is 0 Å². The molecule has 1 aromatic rings. The van der Waals surface area contributed by atoms with Crippen molar-refractivity contribution in [1.82, 2.24) is 10.2 Å². The molecule has 0 bridgehead atoms. The number of amides is 2. The van der Waals surface area contributed by atoms with Crippen LogP contribution in [0.3, 0.4) is 0 Å². The number of hydrogen-bond donors (Lipinski definition) is 1. The molecule has 4 heteroatoms. The molecule has 0 aliphatic carbocycles. The van der Waals surface area contributed by atoms with Crippen LogP contribution in [0.4, 0.5) is 0 Å². The highest BCUT2D eigenvalue weighted by molar-refractivity contribution is 6.35. The fraction of sp³-hybridized carbons (Fsp3) is 0.231. The largest absolute Gasteiger partial charge is 0.346 e. The minimum absolute atomic E-state index is 0.450. The summed E-state index contributed by atoms with van der Waals surface area (Å²) in [5.41, 5.74) is 1.08. The first-order chi connectivity index (χ1) is 8.27. The highest BCUT2D eigenvalue weighted by Crippen LogP contribution is 2.02. The van der Waals surface area contributed by atoms with E-state index in [-0.39, 0.29) is 0 Å². The van der Waals surface area contributed by atoms with E-state index in [1.165, 1.54) is 4.90 Å². The lowest BCUT2D eigenvalue weighted by molar-refractivity contribution is -0.147. The maximum atomic E-state index is 11.4. The van der Waals surface area contributed by atoms with Crippen LogP contribution in [0.2, 0.25) is 0 Å². The van der Waals surface area contributed by atoms with Crippen molar-refractivity contribution in [3.05, 3.63) is 42.0 Å². The van der Waals surface area contributed by atoms with Crippen LogP contribution in [-0.2, 0) is 9.59 Å². The van der Waals surface area contributed by atoms with Crippen molar-refractivity contribution in [2.75, 3.05) is 19.6 Å². The number of piperazine rings is 1. The van der Waals surface area contributed by atoms with E-state index < -0.39 is 11.8 Å². The third kappa shape index (κ3) is 2.93. The van der Waals surface area contributed by atoms with Gasteiger partial charge in [0.15, 0.2) is 0 Å². The Morgan fingerprint density at radius 3 is 2.76 bits per heavy atom. The first kappa shape index (κ1) is 11.4. The lowest BCUT2D eigenvalue weighted by atomic mass is 10.2. The normalized spacial score (nSPS) is 16.4. The second-order valence-electron chi connectivity index (χ2n) is 3.82. The van der Waals surface area contributed by atoms with Crippen LogP contribution >= 0.6 is 0 Å². The van der Waals surface area contributed by atoms with E-state index in [1.54, 1.807) is 0 Å². The van der Waals surface area contributed by atoms with Gasteiger partial charge in [-0.1, -0.05) is 42.5 Å². The molecule has 88 valence electrons. The number of rotatable bonds is 3. The summed E-state index contributed by atoms with van der Waals surface area (Å²) in [6.45, 7) is 1.58. The van der Waals surface area contributed by atoms with Crippen LogP contribution in [0.15, 0.2) is 36.4 Å². The predicted octanol–water partition coefficient (Wildman–Crippen LogP) is 0.658. The smallest absolute Gasteiger partial charge is 0.312 e. The van der Waals surface area contributed by atoms with Crippen molar-refractivity contribution in [2.24, 2.45) is 0 Å². The molecule has 1 heterocycles. The minimum atomic E-state index is -0.510. The van der Waals surface area contributed by atoms with Gasteiger partial charge in [-0.15, -0.1) is 0 Å². The molecule has 1 fully saturated rings.